The van der Waals surface area contributed by atoms with Gasteiger partial charge in [-0.05, 0) is 56.0 Å². The molecule has 0 aliphatic carbocycles. The molecule has 3 rings (SSSR count). The van der Waals surface area contributed by atoms with Gasteiger partial charge < -0.3 is 20.7 Å². The molecule has 1 saturated heterocycles. The summed E-state index contributed by atoms with van der Waals surface area (Å²) in [4.78, 5) is 30.9. The zero-order chi connectivity index (χ0) is 25.0. The average molecular weight is 500 g/mol. The Kier molecular flexibility index (Phi) is 9.95. The second-order valence-corrected chi connectivity index (χ2v) is 8.47. The molecule has 1 atom stereocenters. The van der Waals surface area contributed by atoms with Gasteiger partial charge in [0.05, 0.1) is 24.0 Å². The van der Waals surface area contributed by atoms with E-state index in [1.165, 1.54) is 25.1 Å². The molecular weight excluding hydrogens is 470 g/mol. The summed E-state index contributed by atoms with van der Waals surface area (Å²) in [7, 11) is 0. The summed E-state index contributed by atoms with van der Waals surface area (Å²) in [5.41, 5.74) is 0.788. The van der Waals surface area contributed by atoms with Crippen molar-refractivity contribution in [2.75, 3.05) is 36.9 Å². The fourth-order valence-corrected chi connectivity index (χ4v) is 3.87. The van der Waals surface area contributed by atoms with E-state index >= 15 is 0 Å². The minimum absolute atomic E-state index is 0.0575. The molecule has 0 radical (unpaired) electrons. The Labute approximate surface area is 210 Å². The van der Waals surface area contributed by atoms with Crippen LogP contribution in [0.25, 0.3) is 0 Å². The van der Waals surface area contributed by atoms with E-state index in [1.807, 2.05) is 6.07 Å². The predicted octanol–water partition coefficient (Wildman–Crippen LogP) is 4.15. The molecule has 1 aliphatic rings. The van der Waals surface area contributed by atoms with Gasteiger partial charge in [-0.3, -0.25) is 10.2 Å². The molecule has 0 bridgehead atoms. The maximum atomic E-state index is 12.4. The third-order valence-corrected chi connectivity index (χ3v) is 5.69. The zero-order valence-electron chi connectivity index (χ0n) is 19.6. The average Bonchev–Trinajstić information content (AvgIpc) is 3.39. The first-order chi connectivity index (χ1) is 17.0. The maximum Gasteiger partial charge on any atom is 0.324 e. The first-order valence-corrected chi connectivity index (χ1v) is 12.0. The number of amides is 4. The van der Waals surface area contributed by atoms with Crippen molar-refractivity contribution in [1.82, 2.24) is 20.5 Å². The smallest absolute Gasteiger partial charge is 0.324 e. The van der Waals surface area contributed by atoms with Gasteiger partial charge in [0.25, 0.3) is 0 Å². The third-order valence-electron chi connectivity index (χ3n) is 5.45. The Bertz CT molecular complexity index is 1040. The first-order valence-electron chi connectivity index (χ1n) is 11.6. The number of rotatable bonds is 10. The number of anilines is 2. The van der Waals surface area contributed by atoms with Crippen molar-refractivity contribution in [3.05, 3.63) is 47.1 Å². The van der Waals surface area contributed by atoms with E-state index in [9.17, 15) is 9.59 Å². The first kappa shape index (κ1) is 26.1. The number of nitrogens with zero attached hydrogens (tertiary/aromatic N) is 3. The number of carbonyl (C=O) groups excluding carboxylic acids is 2. The molecule has 1 aromatic heterocycles. The van der Waals surface area contributed by atoms with Crippen molar-refractivity contribution in [3.8, 4) is 11.8 Å². The van der Waals surface area contributed by atoms with Gasteiger partial charge in [0, 0.05) is 30.9 Å². The normalized spacial score (nSPS) is 14.0. The minimum atomic E-state index is -0.531. The Morgan fingerprint density at radius 1 is 1.20 bits per heavy atom. The van der Waals surface area contributed by atoms with Crippen LogP contribution in [0.2, 0.25) is 5.02 Å². The van der Waals surface area contributed by atoms with Crippen molar-refractivity contribution in [3.63, 3.8) is 0 Å². The van der Waals surface area contributed by atoms with Gasteiger partial charge in [0.2, 0.25) is 0 Å². The highest BCUT2D eigenvalue weighted by molar-refractivity contribution is 6.31. The Morgan fingerprint density at radius 3 is 2.69 bits per heavy atom. The lowest BCUT2D eigenvalue weighted by atomic mass is 10.3. The number of hydrogen-bond acceptors (Lipinski definition) is 6. The third kappa shape index (κ3) is 8.31. The fourth-order valence-electron chi connectivity index (χ4n) is 3.69. The van der Waals surface area contributed by atoms with Crippen LogP contribution >= 0.6 is 11.6 Å². The number of halogens is 1. The summed E-state index contributed by atoms with van der Waals surface area (Å²) in [6.45, 7) is 4.89. The quantitative estimate of drug-likeness (QED) is 0.363. The minimum Gasteiger partial charge on any atom is -0.491 e. The molecule has 2 aromatic rings. The molecule has 1 fully saturated rings. The number of likely N-dealkylation sites (tertiary alicyclic amines) is 1. The number of nitrogens with one attached hydrogen (secondary N) is 4. The zero-order valence-corrected chi connectivity index (χ0v) is 20.4. The molecule has 4 N–H and O–H groups in total. The summed E-state index contributed by atoms with van der Waals surface area (Å²) in [5, 5.41) is 20.4. The van der Waals surface area contributed by atoms with Crippen LogP contribution in [0.4, 0.5) is 21.1 Å². The van der Waals surface area contributed by atoms with Crippen molar-refractivity contribution in [2.24, 2.45) is 0 Å². The second kappa shape index (κ2) is 13.4. The molecule has 1 aliphatic heterocycles. The number of carbonyl (C=O) groups is 2. The van der Waals surface area contributed by atoms with E-state index < -0.39 is 6.03 Å². The fraction of sp³-hybridized carbons (Fsp3) is 0.417. The number of urea groups is 2. The Hall–Kier alpha value is -3.55. The predicted molar refractivity (Wildman–Crippen MR) is 135 cm³/mol. The summed E-state index contributed by atoms with van der Waals surface area (Å²) in [5.74, 6) is 0.743. The van der Waals surface area contributed by atoms with Crippen molar-refractivity contribution >= 4 is 35.2 Å². The molecule has 1 aromatic carbocycles. The second-order valence-electron chi connectivity index (χ2n) is 8.03. The molecule has 4 amide bonds. The highest BCUT2D eigenvalue weighted by atomic mass is 35.5. The van der Waals surface area contributed by atoms with Crippen LogP contribution in [-0.4, -0.2) is 54.4 Å². The van der Waals surface area contributed by atoms with Crippen LogP contribution in [0.3, 0.4) is 0 Å². The monoisotopic (exact) mass is 499 g/mol. The van der Waals surface area contributed by atoms with Gasteiger partial charge in [0.15, 0.2) is 0 Å². The highest BCUT2D eigenvalue weighted by Crippen LogP contribution is 2.28. The van der Waals surface area contributed by atoms with E-state index in [0.717, 1.165) is 19.5 Å². The number of aromatic nitrogens is 1. The van der Waals surface area contributed by atoms with Crippen LogP contribution in [0.1, 0.15) is 38.2 Å². The van der Waals surface area contributed by atoms with Crippen molar-refractivity contribution in [2.45, 2.75) is 38.8 Å². The molecule has 1 unspecified atom stereocenters. The molecule has 10 nitrogen and oxygen atoms in total. The van der Waals surface area contributed by atoms with Crippen LogP contribution in [0.15, 0.2) is 36.5 Å². The summed E-state index contributed by atoms with van der Waals surface area (Å²) in [6, 6.07) is 9.25. The largest absolute Gasteiger partial charge is 0.491 e. The van der Waals surface area contributed by atoms with Gasteiger partial charge in [-0.1, -0.05) is 18.5 Å². The van der Waals surface area contributed by atoms with Gasteiger partial charge >= 0.3 is 12.1 Å². The lowest BCUT2D eigenvalue weighted by Gasteiger charge is -2.27. The summed E-state index contributed by atoms with van der Waals surface area (Å²) >= 11 is 6.08. The number of nitriles is 1. The Balaban J connectivity index is 1.43. The molecular formula is C24H30ClN7O3. The van der Waals surface area contributed by atoms with Gasteiger partial charge in [0.1, 0.15) is 17.6 Å². The lowest BCUT2D eigenvalue weighted by Crippen LogP contribution is -2.50. The van der Waals surface area contributed by atoms with Gasteiger partial charge in [-0.2, -0.15) is 5.26 Å². The number of ether oxygens (including phenoxy) is 1. The van der Waals surface area contributed by atoms with Crippen molar-refractivity contribution in [1.29, 1.82) is 5.26 Å². The number of hydrogen-bond donors (Lipinski definition) is 4. The van der Waals surface area contributed by atoms with E-state index in [1.54, 1.807) is 24.3 Å². The van der Waals surface area contributed by atoms with Crippen LogP contribution in [-0.2, 0) is 0 Å². The number of pyridine rings is 1. The van der Waals surface area contributed by atoms with E-state index in [4.69, 9.17) is 21.6 Å². The molecule has 35 heavy (non-hydrogen) atoms. The molecule has 11 heteroatoms. The number of benzene rings is 1. The van der Waals surface area contributed by atoms with Gasteiger partial charge in [-0.15, -0.1) is 0 Å². The SMILES string of the molecule is CCC(NC(=O)NCCCOc1ccc(Cl)cc1NC(=O)Nc1ccc(C#N)cn1)N1CCCC1. The van der Waals surface area contributed by atoms with Gasteiger partial charge in [-0.25, -0.2) is 14.6 Å². The van der Waals surface area contributed by atoms with Crippen LogP contribution < -0.4 is 26.0 Å². The molecule has 0 saturated carbocycles. The topological polar surface area (TPSA) is 131 Å². The standard InChI is InChI=1S/C24H30ClN7O3/c1-2-22(32-11-3-4-12-32)31-23(33)27-10-5-13-35-20-8-7-18(25)14-19(20)29-24(34)30-21-9-6-17(15-26)16-28-21/h6-9,14,16,22H,2-5,10-13H2,1H3,(H2,27,31,33)(H2,28,29,30,34). The van der Waals surface area contributed by atoms with Crippen molar-refractivity contribution < 1.29 is 14.3 Å². The Morgan fingerprint density at radius 2 is 2.00 bits per heavy atom. The highest BCUT2D eigenvalue weighted by Gasteiger charge is 2.21. The van der Waals surface area contributed by atoms with Crippen LogP contribution in [0.5, 0.6) is 5.75 Å². The molecule has 0 spiro atoms. The van der Waals surface area contributed by atoms with E-state index in [-0.39, 0.29) is 12.2 Å². The molecule has 186 valence electrons. The van der Waals surface area contributed by atoms with Crippen LogP contribution in [0, 0.1) is 11.3 Å². The maximum absolute atomic E-state index is 12.4. The molecule has 2 heterocycles. The lowest BCUT2D eigenvalue weighted by molar-refractivity contribution is 0.186. The summed E-state index contributed by atoms with van der Waals surface area (Å²) < 4.78 is 5.81. The summed E-state index contributed by atoms with van der Waals surface area (Å²) in [6.07, 6.45) is 5.21. The van der Waals surface area contributed by atoms with E-state index in [2.05, 4.69) is 38.1 Å². The van der Waals surface area contributed by atoms with E-state index in [0.29, 0.717) is 47.4 Å².